The van der Waals surface area contributed by atoms with Crippen LogP contribution < -0.4 is 5.32 Å². The van der Waals surface area contributed by atoms with Crippen LogP contribution in [0.2, 0.25) is 0 Å². The van der Waals surface area contributed by atoms with Gasteiger partial charge in [0.25, 0.3) is 0 Å². The Morgan fingerprint density at radius 2 is 2.21 bits per heavy atom. The number of carboxylic acids is 1. The lowest BCUT2D eigenvalue weighted by Crippen LogP contribution is -2.01. The van der Waals surface area contributed by atoms with E-state index < -0.39 is 11.8 Å². The summed E-state index contributed by atoms with van der Waals surface area (Å²) < 4.78 is 17.6. The van der Waals surface area contributed by atoms with Crippen molar-refractivity contribution in [2.45, 2.75) is 19.8 Å². The minimum Gasteiger partial charge on any atom is -0.478 e. The van der Waals surface area contributed by atoms with Crippen LogP contribution in [0.5, 0.6) is 0 Å². The van der Waals surface area contributed by atoms with E-state index in [0.717, 1.165) is 11.9 Å². The molecule has 1 aromatic carbocycles. The van der Waals surface area contributed by atoms with Crippen LogP contribution in [0, 0.1) is 5.82 Å². The second kappa shape index (κ2) is 5.31. The Morgan fingerprint density at radius 1 is 1.47 bits per heavy atom. The van der Waals surface area contributed by atoms with Crippen LogP contribution in [-0.4, -0.2) is 20.4 Å². The number of hydrogen-bond acceptors (Lipinski definition) is 5. The number of anilines is 2. The average molecular weight is 281 g/mol. The molecule has 2 N–H and O–H groups in total. The number of halogens is 1. The summed E-state index contributed by atoms with van der Waals surface area (Å²) in [7, 11) is 0. The van der Waals surface area contributed by atoms with E-state index in [1.54, 1.807) is 0 Å². The fraction of sp³-hybridized carbons (Fsp3) is 0.250. The molecule has 7 heteroatoms. The number of carbonyl (C=O) groups is 1. The lowest BCUT2D eigenvalue weighted by Gasteiger charge is -2.03. The summed E-state index contributed by atoms with van der Waals surface area (Å²) in [6, 6.07) is 3.83. The van der Waals surface area contributed by atoms with Crippen molar-refractivity contribution in [3.8, 4) is 0 Å². The van der Waals surface area contributed by atoms with E-state index in [1.165, 1.54) is 23.7 Å². The van der Waals surface area contributed by atoms with E-state index in [0.29, 0.717) is 10.8 Å². The Kier molecular flexibility index (Phi) is 3.75. The zero-order valence-electron chi connectivity index (χ0n) is 10.3. The molecule has 5 nitrogen and oxygen atoms in total. The van der Waals surface area contributed by atoms with Crippen LogP contribution in [0.3, 0.4) is 0 Å². The topological polar surface area (TPSA) is 75.1 Å². The maximum absolute atomic E-state index is 13.5. The molecule has 100 valence electrons. The standard InChI is InChI=1S/C12H12FN3O2S/c1-6(2)10-15-12(19-16-10)14-7-3-4-8(11(17)18)9(13)5-7/h3-6H,1-2H3,(H,17,18)(H,14,15,16). The van der Waals surface area contributed by atoms with E-state index in [1.807, 2.05) is 13.8 Å². The van der Waals surface area contributed by atoms with E-state index in [-0.39, 0.29) is 11.5 Å². The van der Waals surface area contributed by atoms with Gasteiger partial charge in [0, 0.05) is 23.1 Å². The van der Waals surface area contributed by atoms with E-state index in [4.69, 9.17) is 5.11 Å². The molecule has 0 unspecified atom stereocenters. The van der Waals surface area contributed by atoms with E-state index in [9.17, 15) is 9.18 Å². The molecule has 0 saturated carbocycles. The van der Waals surface area contributed by atoms with Crippen molar-refractivity contribution >= 4 is 28.3 Å². The highest BCUT2D eigenvalue weighted by molar-refractivity contribution is 7.09. The first-order valence-electron chi connectivity index (χ1n) is 5.61. The van der Waals surface area contributed by atoms with Gasteiger partial charge >= 0.3 is 5.97 Å². The van der Waals surface area contributed by atoms with Crippen LogP contribution in [0.15, 0.2) is 18.2 Å². The maximum atomic E-state index is 13.5. The molecule has 0 saturated heterocycles. The van der Waals surface area contributed by atoms with E-state index in [2.05, 4.69) is 14.7 Å². The Hall–Kier alpha value is -2.02. The number of benzene rings is 1. The molecule has 0 amide bonds. The fourth-order valence-corrected chi connectivity index (χ4v) is 2.14. The monoisotopic (exact) mass is 281 g/mol. The van der Waals surface area contributed by atoms with Gasteiger partial charge in [-0.1, -0.05) is 13.8 Å². The Morgan fingerprint density at radius 3 is 2.74 bits per heavy atom. The Bertz CT molecular complexity index is 613. The molecule has 2 aromatic rings. The lowest BCUT2D eigenvalue weighted by atomic mass is 10.2. The van der Waals surface area contributed by atoms with Crippen LogP contribution in [-0.2, 0) is 0 Å². The van der Waals surface area contributed by atoms with Gasteiger partial charge in [-0.3, -0.25) is 0 Å². The molecule has 0 spiro atoms. The SMILES string of the molecule is CC(C)c1nsc(Nc2ccc(C(=O)O)c(F)c2)n1. The molecule has 0 aliphatic carbocycles. The van der Waals surface area contributed by atoms with Crippen LogP contribution >= 0.6 is 11.5 Å². The predicted octanol–water partition coefficient (Wildman–Crippen LogP) is 3.24. The van der Waals surface area contributed by atoms with Crippen molar-refractivity contribution in [3.05, 3.63) is 35.4 Å². The quantitative estimate of drug-likeness (QED) is 0.899. The van der Waals surface area contributed by atoms with Gasteiger partial charge in [-0.2, -0.15) is 4.37 Å². The smallest absolute Gasteiger partial charge is 0.338 e. The number of nitrogens with one attached hydrogen (secondary N) is 1. The maximum Gasteiger partial charge on any atom is 0.338 e. The van der Waals surface area contributed by atoms with E-state index >= 15 is 0 Å². The second-order valence-electron chi connectivity index (χ2n) is 4.24. The van der Waals surface area contributed by atoms with Crippen molar-refractivity contribution in [3.63, 3.8) is 0 Å². The van der Waals surface area contributed by atoms with Crippen molar-refractivity contribution in [2.75, 3.05) is 5.32 Å². The number of carboxylic acid groups (broad SMARTS) is 1. The summed E-state index contributed by atoms with van der Waals surface area (Å²) in [5, 5.41) is 12.2. The zero-order valence-corrected chi connectivity index (χ0v) is 11.2. The first kappa shape index (κ1) is 13.4. The summed E-state index contributed by atoms with van der Waals surface area (Å²) in [6.45, 7) is 3.96. The zero-order chi connectivity index (χ0) is 14.0. The summed E-state index contributed by atoms with van der Waals surface area (Å²) >= 11 is 1.18. The molecular weight excluding hydrogens is 269 g/mol. The van der Waals surface area contributed by atoms with Crippen LogP contribution in [0.4, 0.5) is 15.2 Å². The van der Waals surface area contributed by atoms with Gasteiger partial charge in [-0.25, -0.2) is 14.2 Å². The van der Waals surface area contributed by atoms with Crippen molar-refractivity contribution in [1.29, 1.82) is 0 Å². The number of rotatable bonds is 4. The summed E-state index contributed by atoms with van der Waals surface area (Å²) in [4.78, 5) is 14.9. The molecule has 1 heterocycles. The normalized spacial score (nSPS) is 10.7. The third-order valence-electron chi connectivity index (χ3n) is 2.41. The van der Waals surface area contributed by atoms with Crippen molar-refractivity contribution < 1.29 is 14.3 Å². The number of aromatic carboxylic acids is 1. The molecule has 0 fully saturated rings. The average Bonchev–Trinajstić information content (AvgIpc) is 2.77. The van der Waals surface area contributed by atoms with Gasteiger partial charge in [0.1, 0.15) is 11.6 Å². The minimum absolute atomic E-state index is 0.220. The summed E-state index contributed by atoms with van der Waals surface area (Å²) in [5.74, 6) is -1.14. The minimum atomic E-state index is -1.29. The lowest BCUT2D eigenvalue weighted by molar-refractivity contribution is 0.0692. The molecule has 0 atom stereocenters. The number of hydrogen-bond donors (Lipinski definition) is 2. The van der Waals surface area contributed by atoms with Gasteiger partial charge in [0.2, 0.25) is 5.13 Å². The molecule has 0 aliphatic rings. The van der Waals surface area contributed by atoms with Gasteiger partial charge < -0.3 is 10.4 Å². The third-order valence-corrected chi connectivity index (χ3v) is 3.05. The molecular formula is C12H12FN3O2S. The summed E-state index contributed by atoms with van der Waals surface area (Å²) in [5.41, 5.74) is 0.0830. The predicted molar refractivity (Wildman–Crippen MR) is 70.6 cm³/mol. The molecule has 19 heavy (non-hydrogen) atoms. The van der Waals surface area contributed by atoms with Crippen LogP contribution in [0.1, 0.15) is 35.9 Å². The second-order valence-corrected chi connectivity index (χ2v) is 4.99. The van der Waals surface area contributed by atoms with Gasteiger partial charge in [-0.15, -0.1) is 0 Å². The molecule has 2 rings (SSSR count). The molecule has 0 bridgehead atoms. The first-order chi connectivity index (χ1) is 8.97. The highest BCUT2D eigenvalue weighted by atomic mass is 32.1. The Labute approximate surface area is 113 Å². The number of nitrogens with zero attached hydrogens (tertiary/aromatic N) is 2. The highest BCUT2D eigenvalue weighted by Gasteiger charge is 2.12. The molecule has 0 aliphatic heterocycles. The largest absolute Gasteiger partial charge is 0.478 e. The van der Waals surface area contributed by atoms with Gasteiger partial charge in [0.05, 0.1) is 5.56 Å². The fourth-order valence-electron chi connectivity index (χ4n) is 1.41. The molecule has 0 radical (unpaired) electrons. The third kappa shape index (κ3) is 3.05. The highest BCUT2D eigenvalue weighted by Crippen LogP contribution is 2.23. The van der Waals surface area contributed by atoms with Crippen molar-refractivity contribution in [1.82, 2.24) is 9.36 Å². The van der Waals surface area contributed by atoms with Gasteiger partial charge in [0.15, 0.2) is 0 Å². The Balaban J connectivity index is 2.19. The summed E-state index contributed by atoms with van der Waals surface area (Å²) in [6.07, 6.45) is 0. The van der Waals surface area contributed by atoms with Crippen LogP contribution in [0.25, 0.3) is 0 Å². The van der Waals surface area contributed by atoms with Gasteiger partial charge in [-0.05, 0) is 18.2 Å². The van der Waals surface area contributed by atoms with Crippen molar-refractivity contribution in [2.24, 2.45) is 0 Å². The molecule has 1 aromatic heterocycles. The number of aromatic nitrogens is 2. The first-order valence-corrected chi connectivity index (χ1v) is 6.38.